The van der Waals surface area contributed by atoms with E-state index in [1.54, 1.807) is 0 Å². The number of anilines is 1. The number of nitrogens with one attached hydrogen (secondary N) is 1. The summed E-state index contributed by atoms with van der Waals surface area (Å²) in [6, 6.07) is 15.7. The lowest BCUT2D eigenvalue weighted by molar-refractivity contribution is -0.113. The molecule has 10 heteroatoms. The third kappa shape index (κ3) is 6.39. The van der Waals surface area contributed by atoms with Gasteiger partial charge in [-0.2, -0.15) is 0 Å². The molecule has 1 amide bonds. The molecule has 2 aromatic heterocycles. The quantitative estimate of drug-likeness (QED) is 0.204. The maximum atomic E-state index is 12.8. The Hall–Kier alpha value is -3.63. The number of amides is 1. The number of thioether (sulfide) groups is 1. The van der Waals surface area contributed by atoms with Crippen molar-refractivity contribution in [2.45, 2.75) is 39.1 Å². The summed E-state index contributed by atoms with van der Waals surface area (Å²) in [6.07, 6.45) is 0. The molecule has 0 aliphatic rings. The first kappa shape index (κ1) is 26.4. The lowest BCUT2D eigenvalue weighted by Gasteiger charge is -2.10. The molecule has 4 aromatic rings. The first-order valence-corrected chi connectivity index (χ1v) is 13.6. The molecule has 8 nitrogen and oxygen atoms in total. The molecule has 0 fully saturated rings. The summed E-state index contributed by atoms with van der Waals surface area (Å²) in [6.45, 7) is 6.93. The van der Waals surface area contributed by atoms with Gasteiger partial charge in [-0.3, -0.25) is 4.79 Å². The molecule has 2 heterocycles. The first-order chi connectivity index (χ1) is 17.9. The van der Waals surface area contributed by atoms with Crippen molar-refractivity contribution >= 4 is 40.0 Å². The molecule has 0 radical (unpaired) electrons. The van der Waals surface area contributed by atoms with Crippen LogP contribution in [0.15, 0.2) is 59.1 Å². The fourth-order valence-electron chi connectivity index (χ4n) is 3.63. The van der Waals surface area contributed by atoms with Gasteiger partial charge in [-0.05, 0) is 38.5 Å². The Kier molecular flexibility index (Phi) is 8.62. The Morgan fingerprint density at radius 2 is 1.70 bits per heavy atom. The summed E-state index contributed by atoms with van der Waals surface area (Å²) in [5.41, 5.74) is 4.24. The number of hydrogen-bond donors (Lipinski definition) is 1. The predicted molar refractivity (Wildman–Crippen MR) is 146 cm³/mol. The highest BCUT2D eigenvalue weighted by molar-refractivity contribution is 7.99. The van der Waals surface area contributed by atoms with E-state index >= 15 is 0 Å². The molecule has 0 saturated heterocycles. The predicted octanol–water partition coefficient (Wildman–Crippen LogP) is 5.74. The molecule has 2 aromatic carbocycles. The van der Waals surface area contributed by atoms with Crippen LogP contribution in [0, 0.1) is 13.8 Å². The minimum atomic E-state index is -0.497. The number of esters is 1. The zero-order valence-electron chi connectivity index (χ0n) is 21.1. The van der Waals surface area contributed by atoms with Crippen LogP contribution >= 0.6 is 23.1 Å². The van der Waals surface area contributed by atoms with Crippen molar-refractivity contribution in [2.75, 3.05) is 18.2 Å². The topological polar surface area (TPSA) is 95.3 Å². The smallest absolute Gasteiger partial charge is 0.341 e. The van der Waals surface area contributed by atoms with Crippen molar-refractivity contribution < 1.29 is 19.1 Å². The average molecular weight is 537 g/mol. The highest BCUT2D eigenvalue weighted by Gasteiger charge is 2.23. The van der Waals surface area contributed by atoms with Crippen molar-refractivity contribution in [3.8, 4) is 16.9 Å². The number of carbonyl (C=O) groups is 2. The van der Waals surface area contributed by atoms with E-state index in [1.807, 2.05) is 79.2 Å². The zero-order valence-corrected chi connectivity index (χ0v) is 22.7. The number of methoxy groups -OCH3 is 1. The fourth-order valence-corrected chi connectivity index (χ4v) is 5.42. The maximum Gasteiger partial charge on any atom is 0.341 e. The molecular formula is C27H28N4O4S2. The van der Waals surface area contributed by atoms with Crippen LogP contribution in [0.4, 0.5) is 5.00 Å². The molecule has 0 saturated carbocycles. The van der Waals surface area contributed by atoms with Gasteiger partial charge < -0.3 is 19.4 Å². The van der Waals surface area contributed by atoms with Gasteiger partial charge >= 0.3 is 5.97 Å². The second kappa shape index (κ2) is 12.1. The van der Waals surface area contributed by atoms with Gasteiger partial charge in [0.1, 0.15) is 22.9 Å². The SMILES string of the molecule is CCn1c(COc2ccc(C)cc2)nnc1SCC(=O)Nc1scc(-c2ccc(C)cc2)c1C(=O)OC. The summed E-state index contributed by atoms with van der Waals surface area (Å²) in [7, 11) is 1.33. The van der Waals surface area contributed by atoms with E-state index in [4.69, 9.17) is 9.47 Å². The Balaban J connectivity index is 1.42. The summed E-state index contributed by atoms with van der Waals surface area (Å²) in [5.74, 6) is 0.793. The van der Waals surface area contributed by atoms with Gasteiger partial charge in [-0.15, -0.1) is 21.5 Å². The lowest BCUT2D eigenvalue weighted by Crippen LogP contribution is -2.16. The van der Waals surface area contributed by atoms with E-state index in [9.17, 15) is 9.59 Å². The summed E-state index contributed by atoms with van der Waals surface area (Å²) in [5, 5.41) is 14.3. The zero-order chi connectivity index (χ0) is 26.4. The van der Waals surface area contributed by atoms with E-state index in [2.05, 4.69) is 15.5 Å². The minimum absolute atomic E-state index is 0.106. The summed E-state index contributed by atoms with van der Waals surface area (Å²) < 4.78 is 12.8. The molecule has 0 spiro atoms. The molecule has 4 rings (SSSR count). The van der Waals surface area contributed by atoms with Crippen molar-refractivity contribution in [1.82, 2.24) is 14.8 Å². The van der Waals surface area contributed by atoms with Gasteiger partial charge in [0.25, 0.3) is 0 Å². The summed E-state index contributed by atoms with van der Waals surface area (Å²) in [4.78, 5) is 25.4. The number of nitrogens with zero attached hydrogens (tertiary/aromatic N) is 3. The van der Waals surface area contributed by atoms with Crippen molar-refractivity contribution in [3.63, 3.8) is 0 Å². The van der Waals surface area contributed by atoms with Crippen LogP contribution in [-0.2, 0) is 22.7 Å². The van der Waals surface area contributed by atoms with Crippen molar-refractivity contribution in [3.05, 3.63) is 76.4 Å². The normalized spacial score (nSPS) is 10.8. The van der Waals surface area contributed by atoms with Gasteiger partial charge in [-0.1, -0.05) is 59.3 Å². The minimum Gasteiger partial charge on any atom is -0.486 e. The third-order valence-electron chi connectivity index (χ3n) is 5.63. The fraction of sp³-hybridized carbons (Fsp3) is 0.259. The second-order valence-corrected chi connectivity index (χ2v) is 10.1. The van der Waals surface area contributed by atoms with Crippen LogP contribution < -0.4 is 10.1 Å². The number of aryl methyl sites for hydroxylation is 2. The van der Waals surface area contributed by atoms with Crippen LogP contribution in [0.25, 0.3) is 11.1 Å². The van der Waals surface area contributed by atoms with Gasteiger partial charge in [0.15, 0.2) is 11.0 Å². The van der Waals surface area contributed by atoms with Crippen LogP contribution in [0.2, 0.25) is 0 Å². The van der Waals surface area contributed by atoms with Crippen LogP contribution in [0.5, 0.6) is 5.75 Å². The molecule has 0 atom stereocenters. The van der Waals surface area contributed by atoms with Gasteiger partial charge in [0.2, 0.25) is 5.91 Å². The van der Waals surface area contributed by atoms with Crippen LogP contribution in [0.3, 0.4) is 0 Å². The molecule has 0 aliphatic heterocycles. The highest BCUT2D eigenvalue weighted by Crippen LogP contribution is 2.36. The maximum absolute atomic E-state index is 12.8. The van der Waals surface area contributed by atoms with Crippen LogP contribution in [0.1, 0.15) is 34.2 Å². The summed E-state index contributed by atoms with van der Waals surface area (Å²) >= 11 is 2.57. The number of hydrogen-bond acceptors (Lipinski definition) is 8. The Bertz CT molecular complexity index is 1380. The number of thiophene rings is 1. The number of carbonyl (C=O) groups excluding carboxylic acids is 2. The molecule has 192 valence electrons. The van der Waals surface area contributed by atoms with Crippen LogP contribution in [-0.4, -0.2) is 39.5 Å². The van der Waals surface area contributed by atoms with Gasteiger partial charge in [-0.25, -0.2) is 4.79 Å². The number of rotatable bonds is 10. The highest BCUT2D eigenvalue weighted by atomic mass is 32.2. The van der Waals surface area contributed by atoms with Gasteiger partial charge in [0.05, 0.1) is 12.9 Å². The number of benzene rings is 2. The van der Waals surface area contributed by atoms with Crippen molar-refractivity contribution in [1.29, 1.82) is 0 Å². The molecule has 37 heavy (non-hydrogen) atoms. The van der Waals surface area contributed by atoms with E-state index in [1.165, 1.54) is 30.2 Å². The third-order valence-corrected chi connectivity index (χ3v) is 7.49. The first-order valence-electron chi connectivity index (χ1n) is 11.7. The number of ether oxygens (including phenoxy) is 2. The molecule has 0 bridgehead atoms. The van der Waals surface area contributed by atoms with E-state index in [0.717, 1.165) is 28.0 Å². The molecule has 1 N–H and O–H groups in total. The van der Waals surface area contributed by atoms with Gasteiger partial charge in [0, 0.05) is 17.5 Å². The Morgan fingerprint density at radius 1 is 1.03 bits per heavy atom. The van der Waals surface area contributed by atoms with E-state index in [-0.39, 0.29) is 18.3 Å². The van der Waals surface area contributed by atoms with Crippen molar-refractivity contribution in [2.24, 2.45) is 0 Å². The Labute approximate surface area is 224 Å². The monoisotopic (exact) mass is 536 g/mol. The van der Waals surface area contributed by atoms with E-state index < -0.39 is 5.97 Å². The standard InChI is InChI=1S/C27H28N4O4S2/c1-5-31-22(14-35-20-12-8-18(3)9-13-20)29-30-27(31)37-16-23(32)28-25-24(26(33)34-4)21(15-36-25)19-10-6-17(2)7-11-19/h6-13,15H,5,14,16H2,1-4H3,(H,28,32). The molecule has 0 aliphatic carbocycles. The second-order valence-electron chi connectivity index (χ2n) is 8.29. The molecule has 0 unspecified atom stereocenters. The lowest BCUT2D eigenvalue weighted by atomic mass is 10.0. The number of aromatic nitrogens is 3. The Morgan fingerprint density at radius 3 is 2.35 bits per heavy atom. The average Bonchev–Trinajstić information content (AvgIpc) is 3.50. The van der Waals surface area contributed by atoms with E-state index in [0.29, 0.717) is 28.1 Å². The largest absolute Gasteiger partial charge is 0.486 e. The molecular weight excluding hydrogens is 508 g/mol.